The number of H-pyrrole nitrogens is 1. The monoisotopic (exact) mass is 624 g/mol. The highest BCUT2D eigenvalue weighted by Crippen LogP contribution is 2.29. The van der Waals surface area contributed by atoms with Crippen LogP contribution in [0.5, 0.6) is 5.75 Å². The lowest BCUT2D eigenvalue weighted by Crippen LogP contribution is -2.56. The molecule has 3 fully saturated rings. The van der Waals surface area contributed by atoms with Gasteiger partial charge < -0.3 is 24.6 Å². The standard InChI is InChI=1S/C32H33FN10O3/c33-27-17-43(31(44)23-15-37-38-16-23)8-7-29(27)46-28-6-1-21(13-22(28)14-34)30-35-20-36-32(40-30)39-24-2-4-25(5-3-24)41-9-11-42(12-10-41)26-18-45-19-26/h1-6,13,15-16,20,26-27,29H,7-12,17-19H2,(H,37,38)(H,35,36,39,40). The van der Waals surface area contributed by atoms with Gasteiger partial charge in [-0.15, -0.1) is 0 Å². The number of piperazine rings is 1. The summed E-state index contributed by atoms with van der Waals surface area (Å²) in [4.78, 5) is 32.0. The van der Waals surface area contributed by atoms with E-state index in [4.69, 9.17) is 9.47 Å². The third-order valence-electron chi connectivity index (χ3n) is 8.66. The highest BCUT2D eigenvalue weighted by molar-refractivity contribution is 5.93. The van der Waals surface area contributed by atoms with E-state index in [0.717, 1.165) is 45.1 Å². The number of piperidine rings is 1. The van der Waals surface area contributed by atoms with E-state index in [1.54, 1.807) is 18.2 Å². The molecule has 7 rings (SSSR count). The topological polar surface area (TPSA) is 148 Å². The molecule has 46 heavy (non-hydrogen) atoms. The number of rotatable bonds is 8. The van der Waals surface area contributed by atoms with E-state index >= 15 is 4.39 Å². The smallest absolute Gasteiger partial charge is 0.257 e. The molecule has 2 aromatic carbocycles. The fourth-order valence-electron chi connectivity index (χ4n) is 5.93. The zero-order valence-electron chi connectivity index (χ0n) is 25.0. The van der Waals surface area contributed by atoms with Gasteiger partial charge in [-0.25, -0.2) is 14.4 Å². The Balaban J connectivity index is 0.968. The van der Waals surface area contributed by atoms with Crippen LogP contribution in [0, 0.1) is 11.3 Å². The number of carbonyl (C=O) groups excluding carboxylic acids is 1. The number of anilines is 3. The van der Waals surface area contributed by atoms with Gasteiger partial charge in [-0.1, -0.05) is 0 Å². The molecule has 5 heterocycles. The first-order valence-electron chi connectivity index (χ1n) is 15.3. The molecule has 14 heteroatoms. The van der Waals surface area contributed by atoms with Crippen LogP contribution in [-0.2, 0) is 4.74 Å². The summed E-state index contributed by atoms with van der Waals surface area (Å²) < 4.78 is 26.4. The molecule has 3 aliphatic rings. The Morgan fingerprint density at radius 3 is 2.61 bits per heavy atom. The Morgan fingerprint density at radius 1 is 1.09 bits per heavy atom. The van der Waals surface area contributed by atoms with Gasteiger partial charge in [0.2, 0.25) is 5.95 Å². The van der Waals surface area contributed by atoms with Crippen molar-refractivity contribution in [2.75, 3.05) is 62.7 Å². The molecule has 0 saturated carbocycles. The number of likely N-dealkylation sites (tertiary alicyclic amines) is 1. The normalized spacial score (nSPS) is 20.5. The van der Waals surface area contributed by atoms with Crippen LogP contribution in [0.4, 0.5) is 21.7 Å². The maximum atomic E-state index is 15.1. The van der Waals surface area contributed by atoms with Crippen LogP contribution in [0.15, 0.2) is 61.2 Å². The molecule has 1 amide bonds. The highest BCUT2D eigenvalue weighted by atomic mass is 19.1. The summed E-state index contributed by atoms with van der Waals surface area (Å²) in [6, 6.07) is 15.9. The number of aromatic nitrogens is 5. The van der Waals surface area contributed by atoms with Gasteiger partial charge in [-0.2, -0.15) is 15.3 Å². The molecule has 4 aromatic rings. The van der Waals surface area contributed by atoms with E-state index in [1.165, 1.54) is 29.3 Å². The van der Waals surface area contributed by atoms with Crippen LogP contribution in [0.2, 0.25) is 0 Å². The van der Waals surface area contributed by atoms with Gasteiger partial charge in [0.15, 0.2) is 12.0 Å². The summed E-state index contributed by atoms with van der Waals surface area (Å²) >= 11 is 0. The summed E-state index contributed by atoms with van der Waals surface area (Å²) in [6.07, 6.45) is 2.38. The number of alkyl halides is 1. The van der Waals surface area contributed by atoms with Crippen molar-refractivity contribution >= 4 is 23.2 Å². The van der Waals surface area contributed by atoms with Crippen LogP contribution in [0.3, 0.4) is 0 Å². The second-order valence-corrected chi connectivity index (χ2v) is 11.5. The average Bonchev–Trinajstić information content (AvgIpc) is 3.61. The molecule has 0 aliphatic carbocycles. The fourth-order valence-corrected chi connectivity index (χ4v) is 5.93. The Morgan fingerprint density at radius 2 is 1.91 bits per heavy atom. The summed E-state index contributed by atoms with van der Waals surface area (Å²) in [6.45, 7) is 5.95. The minimum atomic E-state index is -1.42. The van der Waals surface area contributed by atoms with E-state index in [9.17, 15) is 10.1 Å². The van der Waals surface area contributed by atoms with Gasteiger partial charge in [-0.3, -0.25) is 14.8 Å². The first-order chi connectivity index (χ1) is 22.5. The minimum absolute atomic E-state index is 0.106. The Bertz CT molecular complexity index is 1700. The third-order valence-corrected chi connectivity index (χ3v) is 8.66. The predicted molar refractivity (Wildman–Crippen MR) is 167 cm³/mol. The number of hydrogen-bond acceptors (Lipinski definition) is 11. The van der Waals surface area contributed by atoms with Crippen molar-refractivity contribution in [3.63, 3.8) is 0 Å². The third kappa shape index (κ3) is 6.33. The van der Waals surface area contributed by atoms with E-state index in [-0.39, 0.29) is 30.2 Å². The molecule has 2 unspecified atom stereocenters. The number of amides is 1. The number of halogens is 1. The molecule has 3 aliphatic heterocycles. The molecule has 13 nitrogen and oxygen atoms in total. The molecule has 0 radical (unpaired) electrons. The number of nitriles is 1. The number of aromatic amines is 1. The molecule has 2 atom stereocenters. The maximum absolute atomic E-state index is 15.1. The molecular weight excluding hydrogens is 591 g/mol. The van der Waals surface area contributed by atoms with Gasteiger partial charge in [0.1, 0.15) is 24.3 Å². The van der Waals surface area contributed by atoms with Crippen LogP contribution in [0.1, 0.15) is 22.3 Å². The van der Waals surface area contributed by atoms with Crippen LogP contribution in [-0.4, -0.2) is 112 Å². The highest BCUT2D eigenvalue weighted by Gasteiger charge is 2.34. The number of hydrogen-bond donors (Lipinski definition) is 2. The van der Waals surface area contributed by atoms with Crippen molar-refractivity contribution in [2.45, 2.75) is 24.7 Å². The van der Waals surface area contributed by atoms with Crippen molar-refractivity contribution < 1.29 is 18.7 Å². The Labute approximate surface area is 265 Å². The number of nitrogens with one attached hydrogen (secondary N) is 2. The Kier molecular flexibility index (Phi) is 8.41. The largest absolute Gasteiger partial charge is 0.486 e. The van der Waals surface area contributed by atoms with Gasteiger partial charge in [-0.05, 0) is 42.5 Å². The molecule has 2 N–H and O–H groups in total. The molecule has 2 aromatic heterocycles. The van der Waals surface area contributed by atoms with E-state index in [1.807, 2.05) is 12.1 Å². The molecule has 0 bridgehead atoms. The number of carbonyl (C=O) groups is 1. The van der Waals surface area contributed by atoms with Crippen molar-refractivity contribution in [2.24, 2.45) is 0 Å². The predicted octanol–water partition coefficient (Wildman–Crippen LogP) is 3.03. The number of benzene rings is 2. The maximum Gasteiger partial charge on any atom is 0.257 e. The summed E-state index contributed by atoms with van der Waals surface area (Å²) in [5.74, 6) is 0.718. The molecule has 3 saturated heterocycles. The first-order valence-corrected chi connectivity index (χ1v) is 15.3. The summed E-state index contributed by atoms with van der Waals surface area (Å²) in [7, 11) is 0. The minimum Gasteiger partial charge on any atom is -0.486 e. The van der Waals surface area contributed by atoms with E-state index < -0.39 is 12.3 Å². The average molecular weight is 625 g/mol. The Hall–Kier alpha value is -5.13. The van der Waals surface area contributed by atoms with E-state index in [2.05, 4.69) is 58.5 Å². The lowest BCUT2D eigenvalue weighted by molar-refractivity contribution is -0.0660. The van der Waals surface area contributed by atoms with Gasteiger partial charge >= 0.3 is 0 Å². The first kappa shape index (κ1) is 29.6. The molecular formula is C32H33FN10O3. The van der Waals surface area contributed by atoms with Crippen LogP contribution < -0.4 is 15.0 Å². The van der Waals surface area contributed by atoms with Crippen molar-refractivity contribution in [3.05, 3.63) is 72.3 Å². The lowest BCUT2D eigenvalue weighted by atomic mass is 10.0. The number of nitrogens with zero attached hydrogens (tertiary/aromatic N) is 8. The van der Waals surface area contributed by atoms with Crippen molar-refractivity contribution in [1.82, 2.24) is 34.9 Å². The van der Waals surface area contributed by atoms with Gasteiger partial charge in [0.05, 0.1) is 43.1 Å². The van der Waals surface area contributed by atoms with E-state index in [0.29, 0.717) is 35.5 Å². The van der Waals surface area contributed by atoms with Crippen molar-refractivity contribution in [3.8, 4) is 23.2 Å². The van der Waals surface area contributed by atoms with Crippen LogP contribution in [0.25, 0.3) is 11.4 Å². The second-order valence-electron chi connectivity index (χ2n) is 11.5. The zero-order chi connectivity index (χ0) is 31.5. The lowest BCUT2D eigenvalue weighted by Gasteiger charge is -2.43. The second kappa shape index (κ2) is 13.1. The summed E-state index contributed by atoms with van der Waals surface area (Å²) in [5.41, 5.74) is 3.21. The van der Waals surface area contributed by atoms with Crippen molar-refractivity contribution in [1.29, 1.82) is 5.26 Å². The number of ether oxygens (including phenoxy) is 2. The fraction of sp³-hybridized carbons (Fsp3) is 0.375. The quantitative estimate of drug-likeness (QED) is 0.298. The van der Waals surface area contributed by atoms with Gasteiger partial charge in [0, 0.05) is 62.3 Å². The molecule has 236 valence electrons. The summed E-state index contributed by atoms with van der Waals surface area (Å²) in [5, 5.41) is 19.5. The SMILES string of the molecule is N#Cc1cc(-c2ncnc(Nc3ccc(N4CCN(C5COC5)CC4)cc3)n2)ccc1OC1CCN(C(=O)c2cn[nH]c2)CC1F. The van der Waals surface area contributed by atoms with Crippen LogP contribution >= 0.6 is 0 Å². The van der Waals surface area contributed by atoms with Gasteiger partial charge in [0.25, 0.3) is 5.91 Å². The molecule has 0 spiro atoms. The zero-order valence-corrected chi connectivity index (χ0v) is 25.0.